The van der Waals surface area contributed by atoms with Crippen LogP contribution in [0.3, 0.4) is 0 Å². The molecule has 0 spiro atoms. The van der Waals surface area contributed by atoms with Crippen molar-refractivity contribution in [3.63, 3.8) is 0 Å². The SMILES string of the molecule is CC1=NC(O)CN1C. The number of β-amino-alcohol motifs (C(OH)–C–C–N with tert-alkyl or cyclic N) is 1. The van der Waals surface area contributed by atoms with Gasteiger partial charge < -0.3 is 10.0 Å². The molecule has 0 saturated carbocycles. The van der Waals surface area contributed by atoms with Gasteiger partial charge in [-0.3, -0.25) is 0 Å². The Morgan fingerprint density at radius 1 is 1.88 bits per heavy atom. The summed E-state index contributed by atoms with van der Waals surface area (Å²) in [6.07, 6.45) is -0.486. The smallest absolute Gasteiger partial charge is 0.164 e. The molecule has 46 valence electrons. The van der Waals surface area contributed by atoms with Gasteiger partial charge in [-0.05, 0) is 6.92 Å². The van der Waals surface area contributed by atoms with Gasteiger partial charge in [0.15, 0.2) is 6.23 Å². The molecule has 0 amide bonds. The molecule has 1 unspecified atom stereocenters. The predicted octanol–water partition coefficient (Wildman–Crippen LogP) is -0.331. The lowest BCUT2D eigenvalue weighted by Gasteiger charge is -2.08. The van der Waals surface area contributed by atoms with Crippen molar-refractivity contribution >= 4 is 5.84 Å². The molecule has 0 aliphatic carbocycles. The minimum Gasteiger partial charge on any atom is -0.370 e. The van der Waals surface area contributed by atoms with E-state index < -0.39 is 6.23 Å². The number of aliphatic hydroxyl groups excluding tert-OH is 1. The molecule has 1 aliphatic rings. The average molecular weight is 114 g/mol. The Kier molecular flexibility index (Phi) is 1.21. The number of nitrogens with zero attached hydrogens (tertiary/aromatic N) is 2. The third-order valence-electron chi connectivity index (χ3n) is 1.33. The van der Waals surface area contributed by atoms with Crippen LogP contribution in [0.1, 0.15) is 6.92 Å². The molecule has 0 bridgehead atoms. The normalized spacial score (nSPS) is 28.6. The molecule has 0 saturated heterocycles. The van der Waals surface area contributed by atoms with E-state index in [9.17, 15) is 0 Å². The van der Waals surface area contributed by atoms with Crippen LogP contribution in [-0.4, -0.2) is 35.7 Å². The van der Waals surface area contributed by atoms with E-state index in [-0.39, 0.29) is 0 Å². The van der Waals surface area contributed by atoms with Crippen LogP contribution in [0, 0.1) is 0 Å². The highest BCUT2D eigenvalue weighted by Gasteiger charge is 2.14. The monoisotopic (exact) mass is 114 g/mol. The number of aliphatic imine (C=N–C) groups is 1. The first-order valence-electron chi connectivity index (χ1n) is 2.64. The summed E-state index contributed by atoms with van der Waals surface area (Å²) in [4.78, 5) is 5.79. The fraction of sp³-hybridized carbons (Fsp3) is 0.800. The van der Waals surface area contributed by atoms with Crippen molar-refractivity contribution in [1.29, 1.82) is 0 Å². The molecule has 1 aliphatic heterocycles. The fourth-order valence-corrected chi connectivity index (χ4v) is 0.732. The number of rotatable bonds is 0. The van der Waals surface area contributed by atoms with Gasteiger partial charge in [-0.1, -0.05) is 0 Å². The van der Waals surface area contributed by atoms with E-state index in [4.69, 9.17) is 5.11 Å². The van der Waals surface area contributed by atoms with E-state index in [1.165, 1.54) is 0 Å². The Morgan fingerprint density at radius 2 is 2.50 bits per heavy atom. The first-order chi connectivity index (χ1) is 3.70. The zero-order chi connectivity index (χ0) is 6.15. The molecule has 3 nitrogen and oxygen atoms in total. The molecule has 0 aromatic carbocycles. The summed E-state index contributed by atoms with van der Waals surface area (Å²) < 4.78 is 0. The second-order valence-corrected chi connectivity index (χ2v) is 2.04. The predicted molar refractivity (Wildman–Crippen MR) is 31.7 cm³/mol. The highest BCUT2D eigenvalue weighted by molar-refractivity contribution is 5.80. The van der Waals surface area contributed by atoms with Crippen LogP contribution in [0.4, 0.5) is 0 Å². The van der Waals surface area contributed by atoms with Crippen LogP contribution in [0.2, 0.25) is 0 Å². The first kappa shape index (κ1) is 5.56. The standard InChI is InChI=1S/C5H10N2O/c1-4-6-5(8)3-7(4)2/h5,8H,3H2,1-2H3. The quantitative estimate of drug-likeness (QED) is 0.468. The van der Waals surface area contributed by atoms with Crippen molar-refractivity contribution in [1.82, 2.24) is 4.90 Å². The second kappa shape index (κ2) is 1.74. The average Bonchev–Trinajstić information content (AvgIpc) is 1.85. The van der Waals surface area contributed by atoms with Gasteiger partial charge in [0.1, 0.15) is 0 Å². The number of amidine groups is 1. The van der Waals surface area contributed by atoms with E-state index in [0.717, 1.165) is 5.84 Å². The Labute approximate surface area is 48.6 Å². The topological polar surface area (TPSA) is 35.8 Å². The number of hydrogen-bond acceptors (Lipinski definition) is 3. The Hall–Kier alpha value is -0.570. The van der Waals surface area contributed by atoms with Crippen molar-refractivity contribution in [2.45, 2.75) is 13.2 Å². The molecule has 1 atom stereocenters. The molecule has 0 fully saturated rings. The summed E-state index contributed by atoms with van der Waals surface area (Å²) >= 11 is 0. The maximum atomic E-state index is 8.84. The van der Waals surface area contributed by atoms with Crippen molar-refractivity contribution in [2.24, 2.45) is 4.99 Å². The largest absolute Gasteiger partial charge is 0.370 e. The maximum Gasteiger partial charge on any atom is 0.164 e. The van der Waals surface area contributed by atoms with E-state index in [1.54, 1.807) is 0 Å². The third kappa shape index (κ3) is 0.816. The molecular weight excluding hydrogens is 104 g/mol. The van der Waals surface area contributed by atoms with Crippen LogP contribution in [0.15, 0.2) is 4.99 Å². The molecule has 1 N–H and O–H groups in total. The zero-order valence-electron chi connectivity index (χ0n) is 5.13. The highest BCUT2D eigenvalue weighted by Crippen LogP contribution is 2.01. The van der Waals surface area contributed by atoms with Gasteiger partial charge in [0.05, 0.1) is 12.4 Å². The Bertz CT molecular complexity index is 122. The summed E-state index contributed by atoms with van der Waals surface area (Å²) in [6.45, 7) is 2.53. The zero-order valence-corrected chi connectivity index (χ0v) is 5.13. The fourth-order valence-electron chi connectivity index (χ4n) is 0.732. The Morgan fingerprint density at radius 3 is 2.62 bits per heavy atom. The molecule has 8 heavy (non-hydrogen) atoms. The Balaban J connectivity index is 2.59. The van der Waals surface area contributed by atoms with E-state index in [2.05, 4.69) is 4.99 Å². The lowest BCUT2D eigenvalue weighted by molar-refractivity contribution is 0.178. The third-order valence-corrected chi connectivity index (χ3v) is 1.33. The van der Waals surface area contributed by atoms with Crippen molar-refractivity contribution in [3.8, 4) is 0 Å². The summed E-state index contributed by atoms with van der Waals surface area (Å²) in [7, 11) is 1.91. The first-order valence-corrected chi connectivity index (χ1v) is 2.64. The van der Waals surface area contributed by atoms with Crippen molar-refractivity contribution in [3.05, 3.63) is 0 Å². The van der Waals surface area contributed by atoms with Gasteiger partial charge in [-0.15, -0.1) is 0 Å². The van der Waals surface area contributed by atoms with E-state index in [1.807, 2.05) is 18.9 Å². The molecular formula is C5H10N2O. The van der Waals surface area contributed by atoms with Gasteiger partial charge in [0, 0.05) is 7.05 Å². The number of aliphatic hydroxyl groups is 1. The van der Waals surface area contributed by atoms with Crippen LogP contribution < -0.4 is 0 Å². The van der Waals surface area contributed by atoms with Gasteiger partial charge in [-0.2, -0.15) is 0 Å². The minimum atomic E-state index is -0.486. The summed E-state index contributed by atoms with van der Waals surface area (Å²) in [5.74, 6) is 0.914. The van der Waals surface area contributed by atoms with E-state index in [0.29, 0.717) is 6.54 Å². The summed E-state index contributed by atoms with van der Waals surface area (Å²) in [5.41, 5.74) is 0. The van der Waals surface area contributed by atoms with Gasteiger partial charge in [0.25, 0.3) is 0 Å². The number of likely N-dealkylation sites (N-methyl/N-ethyl adjacent to an activating group) is 1. The van der Waals surface area contributed by atoms with Gasteiger partial charge in [0.2, 0.25) is 0 Å². The van der Waals surface area contributed by atoms with Crippen LogP contribution >= 0.6 is 0 Å². The molecule has 3 heteroatoms. The van der Waals surface area contributed by atoms with Crippen molar-refractivity contribution < 1.29 is 5.11 Å². The van der Waals surface area contributed by atoms with Crippen LogP contribution in [-0.2, 0) is 0 Å². The van der Waals surface area contributed by atoms with Crippen LogP contribution in [0.25, 0.3) is 0 Å². The lowest BCUT2D eigenvalue weighted by atomic mass is 10.5. The summed E-state index contributed by atoms with van der Waals surface area (Å²) in [6, 6.07) is 0. The second-order valence-electron chi connectivity index (χ2n) is 2.04. The highest BCUT2D eigenvalue weighted by atomic mass is 16.3. The minimum absolute atomic E-state index is 0.486. The summed E-state index contributed by atoms with van der Waals surface area (Å²) in [5, 5.41) is 8.84. The van der Waals surface area contributed by atoms with E-state index >= 15 is 0 Å². The molecule has 0 radical (unpaired) electrons. The van der Waals surface area contributed by atoms with Gasteiger partial charge in [-0.25, -0.2) is 4.99 Å². The van der Waals surface area contributed by atoms with Crippen molar-refractivity contribution in [2.75, 3.05) is 13.6 Å². The maximum absolute atomic E-state index is 8.84. The molecule has 1 heterocycles. The van der Waals surface area contributed by atoms with Crippen LogP contribution in [0.5, 0.6) is 0 Å². The molecule has 1 rings (SSSR count). The number of hydrogen-bond donors (Lipinski definition) is 1. The van der Waals surface area contributed by atoms with Gasteiger partial charge >= 0.3 is 0 Å². The lowest BCUT2D eigenvalue weighted by Crippen LogP contribution is -2.22. The molecule has 0 aromatic heterocycles. The molecule has 0 aromatic rings.